The van der Waals surface area contributed by atoms with Gasteiger partial charge in [0.15, 0.2) is 11.5 Å². The lowest BCUT2D eigenvalue weighted by Crippen LogP contribution is -2.11. The topological polar surface area (TPSA) is 30.5 Å². The highest BCUT2D eigenvalue weighted by Gasteiger charge is 2.11. The number of halogens is 1. The fraction of sp³-hybridized carbons (Fsp3) is 0.538. The molecule has 0 radical (unpaired) electrons. The molecule has 0 aliphatic heterocycles. The summed E-state index contributed by atoms with van der Waals surface area (Å²) in [5.74, 6) is 1.57. The third-order valence-electron chi connectivity index (χ3n) is 2.34. The van der Waals surface area contributed by atoms with E-state index in [9.17, 15) is 0 Å². The van der Waals surface area contributed by atoms with Gasteiger partial charge in [0.2, 0.25) is 0 Å². The lowest BCUT2D eigenvalue weighted by atomic mass is 10.1. The van der Waals surface area contributed by atoms with Crippen molar-refractivity contribution in [1.29, 1.82) is 0 Å². The van der Waals surface area contributed by atoms with E-state index in [1.54, 1.807) is 7.11 Å². The summed E-state index contributed by atoms with van der Waals surface area (Å²) in [5.41, 5.74) is 1.22. The predicted octanol–water partition coefficient (Wildman–Crippen LogP) is 3.01. The molecule has 3 nitrogen and oxygen atoms in total. The summed E-state index contributed by atoms with van der Waals surface area (Å²) >= 11 is 3.56. The molecule has 1 aromatic carbocycles. The van der Waals surface area contributed by atoms with Gasteiger partial charge in [-0.2, -0.15) is 0 Å². The lowest BCUT2D eigenvalue weighted by molar-refractivity contribution is 0.230. The zero-order chi connectivity index (χ0) is 12.8. The third-order valence-corrected chi connectivity index (χ3v) is 3.08. The molecular weight excluding hydrogens is 282 g/mol. The van der Waals surface area contributed by atoms with Gasteiger partial charge in [0.05, 0.1) is 13.2 Å². The number of hydrogen-bond acceptors (Lipinski definition) is 3. The molecule has 1 N–H and O–H groups in total. The molecule has 4 heteroatoms. The maximum absolute atomic E-state index is 5.75. The molecule has 0 heterocycles. The Kier molecular flexibility index (Phi) is 5.78. The van der Waals surface area contributed by atoms with Crippen LogP contribution < -0.4 is 14.8 Å². The molecule has 0 atom stereocenters. The van der Waals surface area contributed by atoms with E-state index < -0.39 is 0 Å². The highest BCUT2D eigenvalue weighted by atomic mass is 79.9. The van der Waals surface area contributed by atoms with E-state index in [0.29, 0.717) is 0 Å². The van der Waals surface area contributed by atoms with E-state index in [-0.39, 0.29) is 6.10 Å². The summed E-state index contributed by atoms with van der Waals surface area (Å²) in [4.78, 5) is 0. The predicted molar refractivity (Wildman–Crippen MR) is 74.1 cm³/mol. The van der Waals surface area contributed by atoms with Crippen molar-refractivity contribution in [3.05, 3.63) is 22.2 Å². The van der Waals surface area contributed by atoms with Crippen LogP contribution in [0.3, 0.4) is 0 Å². The number of benzene rings is 1. The fourth-order valence-electron chi connectivity index (χ4n) is 1.53. The zero-order valence-corrected chi connectivity index (χ0v) is 12.4. The average molecular weight is 302 g/mol. The van der Waals surface area contributed by atoms with Crippen LogP contribution >= 0.6 is 15.9 Å². The summed E-state index contributed by atoms with van der Waals surface area (Å²) in [7, 11) is 3.60. The second-order valence-corrected chi connectivity index (χ2v) is 4.97. The van der Waals surface area contributed by atoms with Gasteiger partial charge >= 0.3 is 0 Å². The van der Waals surface area contributed by atoms with Gasteiger partial charge in [-0.3, -0.25) is 0 Å². The molecule has 1 rings (SSSR count). The average Bonchev–Trinajstić information content (AvgIpc) is 2.28. The molecular formula is C13H20BrNO2. The number of ether oxygens (including phenoxy) is 2. The van der Waals surface area contributed by atoms with Crippen LogP contribution in [-0.4, -0.2) is 26.8 Å². The van der Waals surface area contributed by atoms with Gasteiger partial charge < -0.3 is 14.8 Å². The first-order chi connectivity index (χ1) is 8.08. The van der Waals surface area contributed by atoms with Gasteiger partial charge in [0, 0.05) is 4.47 Å². The molecule has 0 unspecified atom stereocenters. The van der Waals surface area contributed by atoms with Crippen molar-refractivity contribution in [2.24, 2.45) is 0 Å². The van der Waals surface area contributed by atoms with Crippen molar-refractivity contribution in [2.45, 2.75) is 26.4 Å². The fourth-order valence-corrected chi connectivity index (χ4v) is 2.05. The second kappa shape index (κ2) is 6.87. The normalized spacial score (nSPS) is 10.7. The maximum atomic E-state index is 5.75. The minimum Gasteiger partial charge on any atom is -0.493 e. The first-order valence-electron chi connectivity index (χ1n) is 5.76. The van der Waals surface area contributed by atoms with Crippen molar-refractivity contribution in [3.8, 4) is 11.5 Å². The number of rotatable bonds is 6. The van der Waals surface area contributed by atoms with Gasteiger partial charge in [0.1, 0.15) is 0 Å². The molecule has 0 spiro atoms. The van der Waals surface area contributed by atoms with E-state index in [1.807, 2.05) is 33.0 Å². The van der Waals surface area contributed by atoms with Crippen LogP contribution in [0.4, 0.5) is 0 Å². The van der Waals surface area contributed by atoms with Gasteiger partial charge in [-0.15, -0.1) is 0 Å². The van der Waals surface area contributed by atoms with Crippen LogP contribution in [0, 0.1) is 0 Å². The second-order valence-electron chi connectivity index (χ2n) is 4.11. The molecule has 96 valence electrons. The largest absolute Gasteiger partial charge is 0.493 e. The molecule has 1 aromatic rings. The standard InChI is InChI=1S/C13H20BrNO2/c1-9(2)17-13-7-10(5-6-15-3)11(14)8-12(13)16-4/h7-9,15H,5-6H2,1-4H3. The van der Waals surface area contributed by atoms with Crippen molar-refractivity contribution in [2.75, 3.05) is 20.7 Å². The van der Waals surface area contributed by atoms with Crippen LogP contribution in [0.1, 0.15) is 19.4 Å². The SMILES string of the molecule is CNCCc1cc(OC(C)C)c(OC)cc1Br. The van der Waals surface area contributed by atoms with Gasteiger partial charge in [-0.05, 0) is 51.6 Å². The third kappa shape index (κ3) is 4.21. The molecule has 0 amide bonds. The summed E-state index contributed by atoms with van der Waals surface area (Å²) in [5, 5.41) is 3.14. The van der Waals surface area contributed by atoms with Crippen molar-refractivity contribution in [1.82, 2.24) is 5.32 Å². The van der Waals surface area contributed by atoms with Crippen molar-refractivity contribution < 1.29 is 9.47 Å². The maximum Gasteiger partial charge on any atom is 0.161 e. The summed E-state index contributed by atoms with van der Waals surface area (Å²) < 4.78 is 12.1. The van der Waals surface area contributed by atoms with Crippen LogP contribution in [0.5, 0.6) is 11.5 Å². The highest BCUT2D eigenvalue weighted by Crippen LogP contribution is 2.34. The van der Waals surface area contributed by atoms with Crippen LogP contribution in [0.25, 0.3) is 0 Å². The first kappa shape index (κ1) is 14.3. The monoisotopic (exact) mass is 301 g/mol. The number of likely N-dealkylation sites (N-methyl/N-ethyl adjacent to an activating group) is 1. The quantitative estimate of drug-likeness (QED) is 0.876. The molecule has 17 heavy (non-hydrogen) atoms. The lowest BCUT2D eigenvalue weighted by Gasteiger charge is -2.16. The molecule has 0 aliphatic carbocycles. The number of hydrogen-bond donors (Lipinski definition) is 1. The minimum atomic E-state index is 0.141. The summed E-state index contributed by atoms with van der Waals surface area (Å²) in [6, 6.07) is 4.00. The molecule has 0 fully saturated rings. The highest BCUT2D eigenvalue weighted by molar-refractivity contribution is 9.10. The molecule has 0 saturated carbocycles. The minimum absolute atomic E-state index is 0.141. The molecule has 0 aromatic heterocycles. The van der Waals surface area contributed by atoms with Gasteiger partial charge in [-0.1, -0.05) is 15.9 Å². The zero-order valence-electron chi connectivity index (χ0n) is 10.8. The Morgan fingerprint density at radius 3 is 2.53 bits per heavy atom. The Labute approximate surface area is 112 Å². The Bertz CT molecular complexity index is 367. The van der Waals surface area contributed by atoms with Gasteiger partial charge in [0.25, 0.3) is 0 Å². The first-order valence-corrected chi connectivity index (χ1v) is 6.55. The van der Waals surface area contributed by atoms with E-state index in [2.05, 4.69) is 21.2 Å². The summed E-state index contributed by atoms with van der Waals surface area (Å²) in [6.07, 6.45) is 1.09. The Balaban J connectivity index is 2.99. The summed E-state index contributed by atoms with van der Waals surface area (Å²) in [6.45, 7) is 4.95. The number of nitrogens with one attached hydrogen (secondary N) is 1. The Morgan fingerprint density at radius 2 is 2.00 bits per heavy atom. The van der Waals surface area contributed by atoms with Crippen molar-refractivity contribution in [3.63, 3.8) is 0 Å². The van der Waals surface area contributed by atoms with Crippen LogP contribution in [-0.2, 0) is 6.42 Å². The molecule has 0 bridgehead atoms. The van der Waals surface area contributed by atoms with Gasteiger partial charge in [-0.25, -0.2) is 0 Å². The van der Waals surface area contributed by atoms with E-state index in [4.69, 9.17) is 9.47 Å². The van der Waals surface area contributed by atoms with Crippen LogP contribution in [0.2, 0.25) is 0 Å². The van der Waals surface area contributed by atoms with E-state index >= 15 is 0 Å². The molecule has 0 aliphatic rings. The smallest absolute Gasteiger partial charge is 0.161 e. The molecule has 0 saturated heterocycles. The van der Waals surface area contributed by atoms with Crippen molar-refractivity contribution >= 4 is 15.9 Å². The Hall–Kier alpha value is -0.740. The van der Waals surface area contributed by atoms with E-state index in [1.165, 1.54) is 5.56 Å². The Morgan fingerprint density at radius 1 is 1.29 bits per heavy atom. The number of methoxy groups -OCH3 is 1. The van der Waals surface area contributed by atoms with Crippen LogP contribution in [0.15, 0.2) is 16.6 Å². The van der Waals surface area contributed by atoms with E-state index in [0.717, 1.165) is 28.9 Å².